The molecular weight excluding hydrogens is 278 g/mol. The van der Waals surface area contributed by atoms with Crippen molar-refractivity contribution in [2.75, 3.05) is 5.32 Å². The van der Waals surface area contributed by atoms with Gasteiger partial charge in [-0.2, -0.15) is 0 Å². The van der Waals surface area contributed by atoms with Crippen molar-refractivity contribution >= 4 is 22.5 Å². The number of carbonyl (C=O) groups is 1. The van der Waals surface area contributed by atoms with E-state index in [1.807, 2.05) is 32.0 Å². The third-order valence-electron chi connectivity index (χ3n) is 3.62. The Morgan fingerprint density at radius 3 is 2.59 bits per heavy atom. The lowest BCUT2D eigenvalue weighted by Gasteiger charge is -2.11. The maximum absolute atomic E-state index is 12.4. The Morgan fingerprint density at radius 2 is 1.86 bits per heavy atom. The first-order valence-corrected chi connectivity index (χ1v) is 6.91. The molecule has 2 aromatic carbocycles. The number of aromatic nitrogens is 2. The number of aryl methyl sites for hydroxylation is 2. The van der Waals surface area contributed by atoms with Gasteiger partial charge in [0.05, 0.1) is 17.2 Å². The van der Waals surface area contributed by atoms with Crippen molar-refractivity contribution < 1.29 is 4.79 Å². The Bertz CT molecular complexity index is 908. The lowest BCUT2D eigenvalue weighted by Crippen LogP contribution is -2.15. The Hall–Kier alpha value is -2.95. The zero-order valence-corrected chi connectivity index (χ0v) is 12.3. The molecule has 1 aromatic heterocycles. The number of para-hydroxylation sites is 1. The molecule has 3 rings (SSSR count). The molecule has 5 nitrogen and oxygen atoms in total. The smallest absolute Gasteiger partial charge is 0.258 e. The number of fused-ring (bicyclic) bond motifs is 1. The van der Waals surface area contributed by atoms with Gasteiger partial charge in [-0.25, -0.2) is 4.98 Å². The second kappa shape index (κ2) is 5.44. The first-order chi connectivity index (χ1) is 10.6. The summed E-state index contributed by atoms with van der Waals surface area (Å²) in [5, 5.41) is 3.31. The molecule has 0 saturated carbocycles. The van der Waals surface area contributed by atoms with E-state index in [0.29, 0.717) is 16.5 Å². The second-order valence-corrected chi connectivity index (χ2v) is 5.18. The number of benzene rings is 2. The molecule has 0 aliphatic carbocycles. The van der Waals surface area contributed by atoms with Crippen molar-refractivity contribution in [3.63, 3.8) is 0 Å². The predicted molar refractivity (Wildman–Crippen MR) is 86.2 cm³/mol. The van der Waals surface area contributed by atoms with Crippen LogP contribution in [0.2, 0.25) is 0 Å². The molecule has 0 fully saturated rings. The van der Waals surface area contributed by atoms with Crippen LogP contribution in [0.4, 0.5) is 5.69 Å². The van der Waals surface area contributed by atoms with Crippen LogP contribution in [0.3, 0.4) is 0 Å². The van der Waals surface area contributed by atoms with E-state index in [0.717, 1.165) is 16.8 Å². The van der Waals surface area contributed by atoms with E-state index in [9.17, 15) is 9.59 Å². The molecule has 22 heavy (non-hydrogen) atoms. The van der Waals surface area contributed by atoms with Gasteiger partial charge in [0.2, 0.25) is 0 Å². The zero-order valence-electron chi connectivity index (χ0n) is 12.3. The molecule has 0 radical (unpaired) electrons. The van der Waals surface area contributed by atoms with Gasteiger partial charge in [0.25, 0.3) is 11.5 Å². The minimum Gasteiger partial charge on any atom is -0.322 e. The normalized spacial score (nSPS) is 10.6. The molecule has 0 atom stereocenters. The van der Waals surface area contributed by atoms with Gasteiger partial charge in [0.1, 0.15) is 0 Å². The van der Waals surface area contributed by atoms with Crippen LogP contribution >= 0.6 is 0 Å². The summed E-state index contributed by atoms with van der Waals surface area (Å²) in [5.74, 6) is -0.248. The minimum atomic E-state index is -0.258. The molecular formula is C17H15N3O2. The average molecular weight is 293 g/mol. The van der Waals surface area contributed by atoms with Gasteiger partial charge in [-0.05, 0) is 43.2 Å². The second-order valence-electron chi connectivity index (χ2n) is 5.18. The summed E-state index contributed by atoms with van der Waals surface area (Å²) in [6.45, 7) is 3.88. The van der Waals surface area contributed by atoms with Crippen molar-refractivity contribution in [1.82, 2.24) is 9.97 Å². The lowest BCUT2D eigenvalue weighted by molar-refractivity contribution is 0.102. The van der Waals surface area contributed by atoms with E-state index in [1.165, 1.54) is 6.33 Å². The van der Waals surface area contributed by atoms with Crippen LogP contribution in [0, 0.1) is 13.8 Å². The molecule has 0 aliphatic rings. The summed E-state index contributed by atoms with van der Waals surface area (Å²) >= 11 is 0. The standard InChI is InChI=1S/C17H15N3O2/c1-10-4-3-5-11(2)15(10)20-16(21)12-6-7-14-13(8-12)17(22)19-9-18-14/h3-9H,1-2H3,(H,20,21)(H,18,19,22). The molecule has 0 saturated heterocycles. The van der Waals surface area contributed by atoms with E-state index in [2.05, 4.69) is 15.3 Å². The van der Waals surface area contributed by atoms with Gasteiger partial charge in [-0.3, -0.25) is 9.59 Å². The minimum absolute atomic E-state index is 0.248. The zero-order chi connectivity index (χ0) is 15.7. The monoisotopic (exact) mass is 293 g/mol. The van der Waals surface area contributed by atoms with Gasteiger partial charge in [-0.15, -0.1) is 0 Å². The summed E-state index contributed by atoms with van der Waals surface area (Å²) < 4.78 is 0. The van der Waals surface area contributed by atoms with Crippen LogP contribution in [-0.2, 0) is 0 Å². The quantitative estimate of drug-likeness (QED) is 0.763. The van der Waals surface area contributed by atoms with Crippen LogP contribution < -0.4 is 10.9 Å². The Labute approximate surface area is 127 Å². The first-order valence-electron chi connectivity index (χ1n) is 6.91. The number of hydrogen-bond donors (Lipinski definition) is 2. The van der Waals surface area contributed by atoms with Gasteiger partial charge in [0.15, 0.2) is 0 Å². The highest BCUT2D eigenvalue weighted by atomic mass is 16.1. The summed E-state index contributed by atoms with van der Waals surface area (Å²) in [6, 6.07) is 10.7. The van der Waals surface area contributed by atoms with Gasteiger partial charge >= 0.3 is 0 Å². The number of aromatic amines is 1. The molecule has 0 bridgehead atoms. The van der Waals surface area contributed by atoms with E-state index >= 15 is 0 Å². The Morgan fingerprint density at radius 1 is 1.14 bits per heavy atom. The van der Waals surface area contributed by atoms with Crippen molar-refractivity contribution in [3.05, 3.63) is 69.8 Å². The fourth-order valence-electron chi connectivity index (χ4n) is 2.41. The first kappa shape index (κ1) is 14.0. The fourth-order valence-corrected chi connectivity index (χ4v) is 2.41. The number of amides is 1. The topological polar surface area (TPSA) is 74.8 Å². The molecule has 2 N–H and O–H groups in total. The fraction of sp³-hybridized carbons (Fsp3) is 0.118. The van der Waals surface area contributed by atoms with Crippen LogP contribution in [-0.4, -0.2) is 15.9 Å². The number of carbonyl (C=O) groups excluding carboxylic acids is 1. The van der Waals surface area contributed by atoms with Crippen LogP contribution in [0.25, 0.3) is 10.9 Å². The van der Waals surface area contributed by atoms with Crippen LogP contribution in [0.1, 0.15) is 21.5 Å². The number of rotatable bonds is 2. The summed E-state index contributed by atoms with van der Waals surface area (Å²) in [6.07, 6.45) is 1.35. The molecule has 0 spiro atoms. The molecule has 0 unspecified atom stereocenters. The SMILES string of the molecule is Cc1cccc(C)c1NC(=O)c1ccc2nc[nH]c(=O)c2c1. The van der Waals surface area contributed by atoms with Crippen molar-refractivity contribution in [2.24, 2.45) is 0 Å². The van der Waals surface area contributed by atoms with Crippen LogP contribution in [0.15, 0.2) is 47.5 Å². The molecule has 1 amide bonds. The highest BCUT2D eigenvalue weighted by Gasteiger charge is 2.11. The number of nitrogens with zero attached hydrogens (tertiary/aromatic N) is 1. The average Bonchev–Trinajstić information content (AvgIpc) is 2.51. The number of anilines is 1. The van der Waals surface area contributed by atoms with E-state index < -0.39 is 0 Å². The maximum atomic E-state index is 12.4. The van der Waals surface area contributed by atoms with Crippen molar-refractivity contribution in [1.29, 1.82) is 0 Å². The lowest BCUT2D eigenvalue weighted by atomic mass is 10.1. The molecule has 5 heteroatoms. The third kappa shape index (κ3) is 2.48. The summed E-state index contributed by atoms with van der Waals surface area (Å²) in [4.78, 5) is 30.8. The highest BCUT2D eigenvalue weighted by Crippen LogP contribution is 2.20. The van der Waals surface area contributed by atoms with Gasteiger partial charge < -0.3 is 10.3 Å². The van der Waals surface area contributed by atoms with Crippen molar-refractivity contribution in [3.8, 4) is 0 Å². The Balaban J connectivity index is 1.99. The highest BCUT2D eigenvalue weighted by molar-refractivity contribution is 6.06. The summed E-state index contributed by atoms with van der Waals surface area (Å²) in [7, 11) is 0. The van der Waals surface area contributed by atoms with E-state index in [4.69, 9.17) is 0 Å². The maximum Gasteiger partial charge on any atom is 0.258 e. The largest absolute Gasteiger partial charge is 0.322 e. The van der Waals surface area contributed by atoms with E-state index in [-0.39, 0.29) is 11.5 Å². The number of nitrogens with one attached hydrogen (secondary N) is 2. The van der Waals surface area contributed by atoms with E-state index in [1.54, 1.807) is 18.2 Å². The summed E-state index contributed by atoms with van der Waals surface area (Å²) in [5.41, 5.74) is 3.52. The molecule has 3 aromatic rings. The third-order valence-corrected chi connectivity index (χ3v) is 3.62. The molecule has 110 valence electrons. The van der Waals surface area contributed by atoms with Crippen LogP contribution in [0.5, 0.6) is 0 Å². The molecule has 1 heterocycles. The van der Waals surface area contributed by atoms with Gasteiger partial charge in [0, 0.05) is 11.3 Å². The number of H-pyrrole nitrogens is 1. The van der Waals surface area contributed by atoms with Gasteiger partial charge in [-0.1, -0.05) is 18.2 Å². The molecule has 0 aliphatic heterocycles. The Kier molecular flexibility index (Phi) is 3.47. The van der Waals surface area contributed by atoms with Crippen molar-refractivity contribution in [2.45, 2.75) is 13.8 Å². The predicted octanol–water partition coefficient (Wildman–Crippen LogP) is 2.79. The number of hydrogen-bond acceptors (Lipinski definition) is 3.